The van der Waals surface area contributed by atoms with E-state index in [1.165, 1.54) is 5.01 Å². The summed E-state index contributed by atoms with van der Waals surface area (Å²) in [5.74, 6) is -0.713. The van der Waals surface area contributed by atoms with Gasteiger partial charge in [0.25, 0.3) is 5.91 Å². The number of hydrogen-bond acceptors (Lipinski definition) is 6. The number of carbonyl (C=O) groups excluding carboxylic acids is 2. The number of rotatable bonds is 8. The highest BCUT2D eigenvalue weighted by Crippen LogP contribution is 2.40. The van der Waals surface area contributed by atoms with Gasteiger partial charge in [-0.1, -0.05) is 52.8 Å². The van der Waals surface area contributed by atoms with Gasteiger partial charge in [0.2, 0.25) is 0 Å². The maximum atomic E-state index is 13.2. The molecule has 166 valence electrons. The summed E-state index contributed by atoms with van der Waals surface area (Å²) in [6, 6.07) is 15.3. The van der Waals surface area contributed by atoms with Crippen molar-refractivity contribution in [3.05, 3.63) is 82.0 Å². The predicted octanol–water partition coefficient (Wildman–Crippen LogP) is 4.31. The first-order chi connectivity index (χ1) is 15.5. The van der Waals surface area contributed by atoms with E-state index in [-0.39, 0.29) is 25.5 Å². The highest BCUT2D eigenvalue weighted by molar-refractivity contribution is 9.10. The lowest BCUT2D eigenvalue weighted by atomic mass is 9.97. The molecule has 1 aliphatic heterocycles. The molecule has 7 nitrogen and oxygen atoms in total. The summed E-state index contributed by atoms with van der Waals surface area (Å²) in [6.45, 7) is 7.78. The lowest BCUT2D eigenvalue weighted by Crippen LogP contribution is -2.38. The molecule has 2 aromatic rings. The number of ether oxygens (including phenoxy) is 2. The second kappa shape index (κ2) is 10.8. The minimum Gasteiger partial charge on any atom is -0.486 e. The van der Waals surface area contributed by atoms with Crippen LogP contribution in [0.15, 0.2) is 70.4 Å². The summed E-state index contributed by atoms with van der Waals surface area (Å²) in [7, 11) is 0. The molecule has 0 bridgehead atoms. The minimum absolute atomic E-state index is 0.142. The predicted molar refractivity (Wildman–Crippen MR) is 127 cm³/mol. The molecule has 8 heteroatoms. The highest BCUT2D eigenvalue weighted by atomic mass is 79.9. The molecule has 0 spiro atoms. The molecule has 2 aromatic carbocycles. The Hall–Kier alpha value is -3.39. The molecule has 3 rings (SSSR count). The number of amides is 1. The van der Waals surface area contributed by atoms with Crippen LogP contribution in [-0.2, 0) is 25.7 Å². The van der Waals surface area contributed by atoms with Crippen molar-refractivity contribution < 1.29 is 19.1 Å². The molecule has 0 unspecified atom stereocenters. The number of halogens is 1. The fraction of sp³-hybridized carbons (Fsp3) is 0.208. The molecule has 1 N–H and O–H groups in total. The van der Waals surface area contributed by atoms with Crippen LogP contribution in [0, 0.1) is 0 Å². The molecule has 1 heterocycles. The molecule has 1 amide bonds. The average Bonchev–Trinajstić information content (AvgIpc) is 2.79. The number of fused-ring (bicyclic) bond motifs is 1. The van der Waals surface area contributed by atoms with Gasteiger partial charge in [0.05, 0.1) is 12.3 Å². The SMILES string of the molecule is C=C1c2cc(Br)ccc2C(OCc2ccccc2)=C(C(=O)NCC(=O)OCC)N1/N=C\C. The number of benzene rings is 2. The Kier molecular flexibility index (Phi) is 7.83. The van der Waals surface area contributed by atoms with Gasteiger partial charge in [-0.3, -0.25) is 9.59 Å². The lowest BCUT2D eigenvalue weighted by molar-refractivity contribution is -0.143. The summed E-state index contributed by atoms with van der Waals surface area (Å²) in [5.41, 5.74) is 3.07. The van der Waals surface area contributed by atoms with Crippen molar-refractivity contribution >= 4 is 45.5 Å². The molecule has 0 atom stereocenters. The highest BCUT2D eigenvalue weighted by Gasteiger charge is 2.34. The van der Waals surface area contributed by atoms with Crippen LogP contribution in [0.3, 0.4) is 0 Å². The third kappa shape index (κ3) is 5.26. The largest absolute Gasteiger partial charge is 0.486 e. The maximum Gasteiger partial charge on any atom is 0.325 e. The van der Waals surface area contributed by atoms with Crippen LogP contribution in [0.5, 0.6) is 0 Å². The fourth-order valence-corrected chi connectivity index (χ4v) is 3.55. The van der Waals surface area contributed by atoms with E-state index in [2.05, 4.69) is 32.9 Å². The van der Waals surface area contributed by atoms with Crippen molar-refractivity contribution in [2.24, 2.45) is 5.10 Å². The van der Waals surface area contributed by atoms with Gasteiger partial charge >= 0.3 is 5.97 Å². The Morgan fingerprint density at radius 2 is 1.94 bits per heavy atom. The van der Waals surface area contributed by atoms with Crippen molar-refractivity contribution in [3.63, 3.8) is 0 Å². The minimum atomic E-state index is -0.530. The molecule has 32 heavy (non-hydrogen) atoms. The fourth-order valence-electron chi connectivity index (χ4n) is 3.19. The topological polar surface area (TPSA) is 80.2 Å². The molecule has 0 fully saturated rings. The molecule has 0 saturated heterocycles. The van der Waals surface area contributed by atoms with E-state index in [9.17, 15) is 9.59 Å². The van der Waals surface area contributed by atoms with Crippen LogP contribution < -0.4 is 5.32 Å². The number of nitrogens with zero attached hydrogens (tertiary/aromatic N) is 2. The zero-order chi connectivity index (χ0) is 23.1. The Morgan fingerprint density at radius 3 is 2.62 bits per heavy atom. The monoisotopic (exact) mass is 497 g/mol. The van der Waals surface area contributed by atoms with E-state index >= 15 is 0 Å². The summed E-state index contributed by atoms with van der Waals surface area (Å²) in [6.07, 6.45) is 1.56. The first-order valence-electron chi connectivity index (χ1n) is 10.1. The van der Waals surface area contributed by atoms with Crippen molar-refractivity contribution in [2.75, 3.05) is 13.2 Å². The van der Waals surface area contributed by atoms with E-state index < -0.39 is 11.9 Å². The van der Waals surface area contributed by atoms with Crippen LogP contribution in [0.1, 0.15) is 30.5 Å². The molecule has 0 aliphatic carbocycles. The van der Waals surface area contributed by atoms with E-state index in [0.717, 1.165) is 15.6 Å². The number of hydrogen-bond donors (Lipinski definition) is 1. The summed E-state index contributed by atoms with van der Waals surface area (Å²) in [5, 5.41) is 8.37. The summed E-state index contributed by atoms with van der Waals surface area (Å²) >= 11 is 3.49. The second-order valence-electron chi connectivity index (χ2n) is 6.76. The molecular formula is C24H24BrN3O4. The Morgan fingerprint density at radius 1 is 1.19 bits per heavy atom. The zero-order valence-corrected chi connectivity index (χ0v) is 19.5. The van der Waals surface area contributed by atoms with Crippen LogP contribution >= 0.6 is 15.9 Å². The lowest BCUT2D eigenvalue weighted by Gasteiger charge is -2.32. The van der Waals surface area contributed by atoms with E-state index in [0.29, 0.717) is 17.0 Å². The Balaban J connectivity index is 2.06. The number of carbonyl (C=O) groups is 2. The van der Waals surface area contributed by atoms with Crippen molar-refractivity contribution in [2.45, 2.75) is 20.5 Å². The quantitative estimate of drug-likeness (QED) is 0.434. The summed E-state index contributed by atoms with van der Waals surface area (Å²) < 4.78 is 11.9. The third-order valence-corrected chi connectivity index (χ3v) is 5.08. The number of nitrogens with one attached hydrogen (secondary N) is 1. The third-order valence-electron chi connectivity index (χ3n) is 4.59. The van der Waals surface area contributed by atoms with Crippen LogP contribution in [0.25, 0.3) is 11.5 Å². The molecule has 0 radical (unpaired) electrons. The molecule has 0 saturated carbocycles. The van der Waals surface area contributed by atoms with E-state index in [4.69, 9.17) is 9.47 Å². The van der Waals surface area contributed by atoms with Crippen molar-refractivity contribution in [3.8, 4) is 0 Å². The summed E-state index contributed by atoms with van der Waals surface area (Å²) in [4.78, 5) is 25.0. The maximum absolute atomic E-state index is 13.2. The van der Waals surface area contributed by atoms with E-state index in [1.54, 1.807) is 20.1 Å². The molecular weight excluding hydrogens is 474 g/mol. The van der Waals surface area contributed by atoms with Gasteiger partial charge in [0.15, 0.2) is 11.5 Å². The average molecular weight is 498 g/mol. The first kappa shape index (κ1) is 23.3. The van der Waals surface area contributed by atoms with Gasteiger partial charge in [0.1, 0.15) is 13.2 Å². The zero-order valence-electron chi connectivity index (χ0n) is 17.9. The standard InChI is InChI=1S/C24H24BrN3O4/c1-4-27-28-16(3)20-13-18(25)11-12-19(20)23(32-15-17-9-7-6-8-10-17)22(28)24(30)26-14-21(29)31-5-2/h4,6-13H,3,5,14-15H2,1-2H3,(H,26,30)/b27-4-. The van der Waals surface area contributed by atoms with Gasteiger partial charge in [-0.15, -0.1) is 0 Å². The molecule has 1 aliphatic rings. The number of esters is 1. The van der Waals surface area contributed by atoms with Crippen molar-refractivity contribution in [1.29, 1.82) is 0 Å². The second-order valence-corrected chi connectivity index (χ2v) is 7.68. The first-order valence-corrected chi connectivity index (χ1v) is 10.9. The number of hydrazone groups is 1. The normalized spacial score (nSPS) is 13.2. The van der Waals surface area contributed by atoms with Gasteiger partial charge in [-0.05, 0) is 37.6 Å². The smallest absolute Gasteiger partial charge is 0.325 e. The van der Waals surface area contributed by atoms with Gasteiger partial charge in [-0.25, -0.2) is 5.01 Å². The van der Waals surface area contributed by atoms with Crippen LogP contribution in [-0.4, -0.2) is 36.3 Å². The van der Waals surface area contributed by atoms with Crippen LogP contribution in [0.4, 0.5) is 0 Å². The van der Waals surface area contributed by atoms with Gasteiger partial charge in [0, 0.05) is 21.8 Å². The molecule has 0 aromatic heterocycles. The van der Waals surface area contributed by atoms with Gasteiger partial charge in [-0.2, -0.15) is 5.10 Å². The Labute approximate surface area is 195 Å². The van der Waals surface area contributed by atoms with Gasteiger partial charge < -0.3 is 14.8 Å². The van der Waals surface area contributed by atoms with Crippen molar-refractivity contribution in [1.82, 2.24) is 10.3 Å². The Bertz CT molecular complexity index is 1080. The van der Waals surface area contributed by atoms with Crippen LogP contribution in [0.2, 0.25) is 0 Å². The van der Waals surface area contributed by atoms with E-state index in [1.807, 2.05) is 48.5 Å².